The molecule has 0 spiro atoms. The first-order valence-electron chi connectivity index (χ1n) is 25.7. The van der Waals surface area contributed by atoms with Gasteiger partial charge in [0.1, 0.15) is 11.6 Å². The average molecular weight is 1000 g/mol. The van der Waals surface area contributed by atoms with Crippen molar-refractivity contribution in [2.75, 3.05) is 66.7 Å². The van der Waals surface area contributed by atoms with Crippen molar-refractivity contribution in [1.82, 2.24) is 20.2 Å². The van der Waals surface area contributed by atoms with Gasteiger partial charge < -0.3 is 30.4 Å². The molecule has 5 heterocycles. The lowest BCUT2D eigenvalue weighted by atomic mass is 9.84. The van der Waals surface area contributed by atoms with E-state index in [2.05, 4.69) is 43.7 Å². The second kappa shape index (κ2) is 21.5. The summed E-state index contributed by atoms with van der Waals surface area (Å²) in [6.07, 6.45) is 7.93. The number of para-hydroxylation sites is 1. The monoisotopic (exact) mass is 1000 g/mol. The van der Waals surface area contributed by atoms with Crippen molar-refractivity contribution < 1.29 is 29.0 Å². The van der Waals surface area contributed by atoms with Crippen LogP contribution in [0.25, 0.3) is 21.3 Å². The number of carbonyl (C=O) groups is 4. The van der Waals surface area contributed by atoms with Crippen LogP contribution in [0.15, 0.2) is 84.9 Å². The number of hydrogen-bond acceptors (Lipinski definition) is 13. The van der Waals surface area contributed by atoms with Crippen molar-refractivity contribution in [1.29, 1.82) is 5.41 Å². The van der Waals surface area contributed by atoms with Crippen LogP contribution in [0.4, 0.5) is 22.3 Å². The molecule has 2 aromatic heterocycles. The topological polar surface area (TPSA) is 193 Å². The number of ether oxygens (including phenoxy) is 1. The van der Waals surface area contributed by atoms with Crippen molar-refractivity contribution in [3.8, 4) is 16.9 Å². The largest absolute Gasteiger partial charge is 0.490 e. The normalized spacial score (nSPS) is 19.3. The number of nitrogens with one attached hydrogen (secondary N) is 4. The molecule has 0 bridgehead atoms. The molecule has 1 unspecified atom stereocenters. The maximum absolute atomic E-state index is 13.7. The molecule has 73 heavy (non-hydrogen) atoms. The van der Waals surface area contributed by atoms with Gasteiger partial charge >= 0.3 is 5.97 Å². The minimum atomic E-state index is -1.11. The van der Waals surface area contributed by atoms with Crippen molar-refractivity contribution in [2.24, 2.45) is 11.8 Å². The predicted octanol–water partition coefficient (Wildman–Crippen LogP) is 9.49. The number of thiazole rings is 1. The highest BCUT2D eigenvalue weighted by molar-refractivity contribution is 7.22. The summed E-state index contributed by atoms with van der Waals surface area (Å²) >= 11 is 1.44. The standard InChI is InChI=1S/C57H63N9O6S/c1-34-39(40-21-24-49(61-53(40)56(70)71)66-28-26-37-10-6-12-41(44(37)33-66)54(68)63-57-60-45-13-4-5-15-48(45)73-57)11-7-14-47(34)72-38-18-16-36(17-19-38)9-8-27-64-29-31-65(32-30-64)46-23-20-42(52(59-3)35(46)2)51(58)43-22-25-50(67)62-55(43)69/h4-7,10-15,20-21,23-24,36,38,43,58-59H,8-9,16-19,22,25-33H2,1-3H3,(H,70,71)(H,60,63,68)(H,62,67,69). The van der Waals surface area contributed by atoms with E-state index < -0.39 is 17.8 Å². The third kappa shape index (κ3) is 10.5. The summed E-state index contributed by atoms with van der Waals surface area (Å²) in [5.41, 5.74) is 9.57. The second-order valence-electron chi connectivity index (χ2n) is 19.9. The van der Waals surface area contributed by atoms with E-state index in [1.54, 1.807) is 0 Å². The fourth-order valence-electron chi connectivity index (χ4n) is 11.4. The molecule has 1 aliphatic carbocycles. The number of aromatic carboxylic acids is 1. The summed E-state index contributed by atoms with van der Waals surface area (Å²) in [6, 6.07) is 27.2. The summed E-state index contributed by atoms with van der Waals surface area (Å²) in [6.45, 7) is 9.99. The number of amides is 3. The van der Waals surface area contributed by atoms with Crippen LogP contribution in [0.2, 0.25) is 0 Å². The van der Waals surface area contributed by atoms with Crippen LogP contribution in [0.3, 0.4) is 0 Å². The van der Waals surface area contributed by atoms with Gasteiger partial charge in [0.2, 0.25) is 11.8 Å². The maximum Gasteiger partial charge on any atom is 0.355 e. The van der Waals surface area contributed by atoms with Crippen molar-refractivity contribution in [3.05, 3.63) is 124 Å². The highest BCUT2D eigenvalue weighted by atomic mass is 32.1. The fraction of sp³-hybridized carbons (Fsp3) is 0.386. The van der Waals surface area contributed by atoms with Crippen LogP contribution in [0, 0.1) is 31.1 Å². The van der Waals surface area contributed by atoms with Crippen LogP contribution in [-0.2, 0) is 22.6 Å². The van der Waals surface area contributed by atoms with E-state index >= 15 is 0 Å². The minimum Gasteiger partial charge on any atom is -0.490 e. The summed E-state index contributed by atoms with van der Waals surface area (Å²) in [4.78, 5) is 67.2. The summed E-state index contributed by atoms with van der Waals surface area (Å²) in [7, 11) is 1.85. The number of hydrogen-bond donors (Lipinski definition) is 5. The second-order valence-corrected chi connectivity index (χ2v) is 20.9. The Hall–Kier alpha value is -7.17. The molecule has 1 atom stereocenters. The first-order chi connectivity index (χ1) is 35.4. The van der Waals surface area contributed by atoms with E-state index in [0.717, 1.165) is 120 Å². The highest BCUT2D eigenvalue weighted by Crippen LogP contribution is 2.38. The Balaban J connectivity index is 0.707. The molecule has 3 aliphatic heterocycles. The number of carboxylic acids is 1. The number of nitrogens with zero attached hydrogens (tertiary/aromatic N) is 5. The molecular weight excluding hydrogens is 939 g/mol. The Morgan fingerprint density at radius 3 is 2.38 bits per heavy atom. The van der Waals surface area contributed by atoms with E-state index in [4.69, 9.17) is 15.1 Å². The Bertz CT molecular complexity index is 3070. The number of fused-ring (bicyclic) bond motifs is 2. The molecule has 2 saturated heterocycles. The molecule has 16 heteroatoms. The van der Waals surface area contributed by atoms with Gasteiger partial charge in [0.25, 0.3) is 5.91 Å². The maximum atomic E-state index is 13.7. The van der Waals surface area contributed by atoms with E-state index in [1.165, 1.54) is 17.8 Å². The van der Waals surface area contributed by atoms with E-state index in [-0.39, 0.29) is 35.7 Å². The van der Waals surface area contributed by atoms with Gasteiger partial charge in [0.05, 0.1) is 28.0 Å². The zero-order valence-corrected chi connectivity index (χ0v) is 42.6. The van der Waals surface area contributed by atoms with Gasteiger partial charge in [-0.15, -0.1) is 0 Å². The lowest BCUT2D eigenvalue weighted by Crippen LogP contribution is -2.47. The lowest BCUT2D eigenvalue weighted by molar-refractivity contribution is -0.134. The van der Waals surface area contributed by atoms with Crippen LogP contribution in [0.1, 0.15) is 100 Å². The minimum absolute atomic E-state index is 0.0241. The SMILES string of the molecule is CNc1c(C(=N)C2CCC(=O)NC2=O)ccc(N2CCN(CCCC3CCC(Oc4cccc(-c5ccc(N6CCc7cccc(C(=O)Nc8nc9ccccc9s8)c7C6)nc5C(=O)O)c4C)CC3)CC2)c1C. The lowest BCUT2D eigenvalue weighted by Gasteiger charge is -2.37. The van der Waals surface area contributed by atoms with Crippen LogP contribution >= 0.6 is 11.3 Å². The Kier molecular flexibility index (Phi) is 14.6. The van der Waals surface area contributed by atoms with Gasteiger partial charge in [-0.25, -0.2) is 14.8 Å². The molecule has 4 aliphatic rings. The Morgan fingerprint density at radius 1 is 0.822 bits per heavy atom. The number of carboxylic acid groups (broad SMARTS) is 1. The number of imide groups is 1. The van der Waals surface area contributed by atoms with Crippen molar-refractivity contribution >= 4 is 73.3 Å². The van der Waals surface area contributed by atoms with Gasteiger partial charge in [-0.2, -0.15) is 0 Å². The third-order valence-electron chi connectivity index (χ3n) is 15.5. The molecule has 10 rings (SSSR count). The molecule has 378 valence electrons. The summed E-state index contributed by atoms with van der Waals surface area (Å²) in [5.74, 6) is -0.658. The molecule has 5 N–H and O–H groups in total. The fourth-order valence-corrected chi connectivity index (χ4v) is 12.3. The van der Waals surface area contributed by atoms with Gasteiger partial charge in [0.15, 0.2) is 10.8 Å². The zero-order chi connectivity index (χ0) is 50.8. The molecule has 3 fully saturated rings. The number of piperidine rings is 1. The van der Waals surface area contributed by atoms with Crippen molar-refractivity contribution in [3.63, 3.8) is 0 Å². The van der Waals surface area contributed by atoms with Gasteiger partial charge in [-0.1, -0.05) is 47.7 Å². The van der Waals surface area contributed by atoms with Crippen LogP contribution < -0.4 is 30.5 Å². The zero-order valence-electron chi connectivity index (χ0n) is 41.8. The first-order valence-corrected chi connectivity index (χ1v) is 26.5. The van der Waals surface area contributed by atoms with Crippen molar-refractivity contribution in [2.45, 2.75) is 84.3 Å². The first kappa shape index (κ1) is 49.4. The Morgan fingerprint density at radius 2 is 1.62 bits per heavy atom. The number of benzene rings is 4. The number of pyridine rings is 1. The molecule has 0 radical (unpaired) electrons. The van der Waals surface area contributed by atoms with E-state index in [9.17, 15) is 24.3 Å². The molecule has 15 nitrogen and oxygen atoms in total. The smallest absolute Gasteiger partial charge is 0.355 e. The summed E-state index contributed by atoms with van der Waals surface area (Å²) < 4.78 is 7.69. The quantitative estimate of drug-likeness (QED) is 0.0484. The Labute approximate surface area is 429 Å². The van der Waals surface area contributed by atoms with Crippen LogP contribution in [-0.4, -0.2) is 102 Å². The third-order valence-corrected chi connectivity index (χ3v) is 16.4. The molecule has 1 saturated carbocycles. The predicted molar refractivity (Wildman–Crippen MR) is 288 cm³/mol. The molecule has 6 aromatic rings. The molecular formula is C57H63N9O6S. The molecule has 3 amide bonds. The van der Waals surface area contributed by atoms with Crippen LogP contribution in [0.5, 0.6) is 5.75 Å². The highest BCUT2D eigenvalue weighted by Gasteiger charge is 2.33. The number of rotatable bonds is 15. The number of piperazine rings is 1. The number of aromatic nitrogens is 2. The van der Waals surface area contributed by atoms with E-state index in [1.807, 2.05) is 97.7 Å². The average Bonchev–Trinajstić information content (AvgIpc) is 3.81. The van der Waals surface area contributed by atoms with Gasteiger partial charge in [-0.05, 0) is 154 Å². The van der Waals surface area contributed by atoms with Gasteiger partial charge in [0, 0.05) is 80.8 Å². The summed E-state index contributed by atoms with van der Waals surface area (Å²) in [5, 5.41) is 28.6. The number of carbonyl (C=O) groups excluding carboxylic acids is 3. The van der Waals surface area contributed by atoms with Gasteiger partial charge in [-0.3, -0.25) is 29.9 Å². The molecule has 4 aromatic carbocycles. The number of anilines is 4. The van der Waals surface area contributed by atoms with E-state index in [0.29, 0.717) is 59.5 Å².